The Balaban J connectivity index is 2.48. The highest BCUT2D eigenvalue weighted by Crippen LogP contribution is 2.26. The van der Waals surface area contributed by atoms with Crippen molar-refractivity contribution in [2.75, 3.05) is 19.0 Å². The van der Waals surface area contributed by atoms with Crippen LogP contribution in [0.3, 0.4) is 0 Å². The largest absolute Gasteiger partial charge is 0.494 e. The van der Waals surface area contributed by atoms with Crippen molar-refractivity contribution in [3.8, 4) is 11.4 Å². The van der Waals surface area contributed by atoms with Gasteiger partial charge in [-0.25, -0.2) is 9.37 Å². The number of hydrogen-bond donors (Lipinski definition) is 1. The van der Waals surface area contributed by atoms with Crippen LogP contribution in [0, 0.1) is 5.82 Å². The number of imidazole rings is 1. The second-order valence-electron chi connectivity index (χ2n) is 3.47. The molecule has 17 heavy (non-hydrogen) atoms. The predicted molar refractivity (Wildman–Crippen MR) is 64.2 cm³/mol. The molecule has 1 heterocycles. The van der Waals surface area contributed by atoms with Gasteiger partial charge >= 0.3 is 0 Å². The van der Waals surface area contributed by atoms with Gasteiger partial charge in [0.1, 0.15) is 11.6 Å². The van der Waals surface area contributed by atoms with Gasteiger partial charge in [0, 0.05) is 25.0 Å². The zero-order valence-electron chi connectivity index (χ0n) is 9.77. The molecule has 0 unspecified atom stereocenters. The Labute approximate surface area is 99.1 Å². The van der Waals surface area contributed by atoms with Gasteiger partial charge in [-0.15, -0.1) is 0 Å². The number of methoxy groups -OCH3 is 1. The predicted octanol–water partition coefficient (Wildman–Crippen LogP) is 2.45. The minimum Gasteiger partial charge on any atom is -0.494 e. The molecule has 4 nitrogen and oxygen atoms in total. The lowest BCUT2D eigenvalue weighted by Crippen LogP contribution is -2.06. The first kappa shape index (κ1) is 11.4. The van der Waals surface area contributed by atoms with Crippen LogP contribution < -0.4 is 10.1 Å². The Kier molecular flexibility index (Phi) is 3.27. The number of nitrogens with one attached hydrogen (secondary N) is 1. The van der Waals surface area contributed by atoms with E-state index in [9.17, 15) is 4.39 Å². The van der Waals surface area contributed by atoms with Gasteiger partial charge in [0.05, 0.1) is 12.8 Å². The molecule has 0 amide bonds. The first-order valence-corrected chi connectivity index (χ1v) is 5.37. The van der Waals surface area contributed by atoms with Crippen molar-refractivity contribution in [3.05, 3.63) is 36.4 Å². The van der Waals surface area contributed by atoms with Crippen LogP contribution in [0.4, 0.5) is 10.3 Å². The van der Waals surface area contributed by atoms with E-state index in [1.54, 1.807) is 18.5 Å². The number of halogens is 1. The summed E-state index contributed by atoms with van der Waals surface area (Å²) in [4.78, 5) is 4.18. The zero-order chi connectivity index (χ0) is 12.3. The fourth-order valence-electron chi connectivity index (χ4n) is 1.64. The van der Waals surface area contributed by atoms with Crippen LogP contribution >= 0.6 is 0 Å². The number of ether oxygens (including phenoxy) is 1. The number of aromatic nitrogens is 2. The van der Waals surface area contributed by atoms with Gasteiger partial charge in [-0.05, 0) is 19.1 Å². The topological polar surface area (TPSA) is 39.1 Å². The Morgan fingerprint density at radius 2 is 2.29 bits per heavy atom. The van der Waals surface area contributed by atoms with Crippen LogP contribution in [0.15, 0.2) is 30.6 Å². The zero-order valence-corrected chi connectivity index (χ0v) is 9.77. The van der Waals surface area contributed by atoms with Crippen LogP contribution in [0.1, 0.15) is 6.92 Å². The Morgan fingerprint density at radius 1 is 1.47 bits per heavy atom. The average molecular weight is 235 g/mol. The summed E-state index contributed by atoms with van der Waals surface area (Å²) < 4.78 is 20.1. The summed E-state index contributed by atoms with van der Waals surface area (Å²) in [5.74, 6) is 0.857. The molecule has 0 spiro atoms. The highest BCUT2D eigenvalue weighted by molar-refractivity contribution is 5.51. The summed E-state index contributed by atoms with van der Waals surface area (Å²) in [6, 6.07) is 4.41. The number of nitrogens with zero attached hydrogens (tertiary/aromatic N) is 2. The third-order valence-electron chi connectivity index (χ3n) is 2.38. The molecule has 1 aromatic carbocycles. The lowest BCUT2D eigenvalue weighted by atomic mass is 10.3. The van der Waals surface area contributed by atoms with E-state index >= 15 is 0 Å². The molecular weight excluding hydrogens is 221 g/mol. The van der Waals surface area contributed by atoms with Crippen molar-refractivity contribution >= 4 is 5.95 Å². The molecule has 0 aliphatic heterocycles. The van der Waals surface area contributed by atoms with E-state index in [2.05, 4.69) is 10.3 Å². The van der Waals surface area contributed by atoms with Crippen molar-refractivity contribution in [1.29, 1.82) is 0 Å². The Hall–Kier alpha value is -2.04. The quantitative estimate of drug-likeness (QED) is 0.884. The molecular formula is C12H14FN3O. The van der Waals surface area contributed by atoms with Gasteiger partial charge in [-0.1, -0.05) is 0 Å². The van der Waals surface area contributed by atoms with E-state index in [4.69, 9.17) is 4.74 Å². The molecule has 1 N–H and O–H groups in total. The maximum absolute atomic E-state index is 13.1. The highest BCUT2D eigenvalue weighted by Gasteiger charge is 2.10. The summed E-state index contributed by atoms with van der Waals surface area (Å²) in [5.41, 5.74) is 0.752. The van der Waals surface area contributed by atoms with E-state index in [1.807, 2.05) is 11.5 Å². The third kappa shape index (κ3) is 2.22. The minimum atomic E-state index is -0.323. The van der Waals surface area contributed by atoms with E-state index in [0.29, 0.717) is 11.7 Å². The minimum absolute atomic E-state index is 0.323. The molecule has 0 saturated carbocycles. The van der Waals surface area contributed by atoms with Crippen LogP contribution in [0.2, 0.25) is 0 Å². The standard InChI is InChI=1S/C12H14FN3O/c1-3-14-12-15-6-7-16(12)10-5-4-9(13)8-11(10)17-2/h4-8H,3H2,1-2H3,(H,14,15). The molecule has 0 fully saturated rings. The number of benzene rings is 1. The van der Waals surface area contributed by atoms with Crippen molar-refractivity contribution in [3.63, 3.8) is 0 Å². The monoisotopic (exact) mass is 235 g/mol. The summed E-state index contributed by atoms with van der Waals surface area (Å²) in [6.07, 6.45) is 3.48. The summed E-state index contributed by atoms with van der Waals surface area (Å²) in [6.45, 7) is 2.75. The van der Waals surface area contributed by atoms with Gasteiger partial charge in [0.25, 0.3) is 0 Å². The fraction of sp³-hybridized carbons (Fsp3) is 0.250. The van der Waals surface area contributed by atoms with Gasteiger partial charge in [-0.3, -0.25) is 4.57 Å². The van der Waals surface area contributed by atoms with Gasteiger partial charge < -0.3 is 10.1 Å². The first-order chi connectivity index (χ1) is 8.26. The van der Waals surface area contributed by atoms with E-state index < -0.39 is 0 Å². The van der Waals surface area contributed by atoms with Crippen LogP contribution in [0.5, 0.6) is 5.75 Å². The summed E-state index contributed by atoms with van der Waals surface area (Å²) >= 11 is 0. The Morgan fingerprint density at radius 3 is 3.00 bits per heavy atom. The smallest absolute Gasteiger partial charge is 0.207 e. The molecule has 0 bridgehead atoms. The van der Waals surface area contributed by atoms with Gasteiger partial charge in [0.2, 0.25) is 5.95 Å². The lowest BCUT2D eigenvalue weighted by Gasteiger charge is -2.12. The average Bonchev–Trinajstić information content (AvgIpc) is 2.77. The highest BCUT2D eigenvalue weighted by atomic mass is 19.1. The molecule has 0 saturated heterocycles. The molecule has 90 valence electrons. The normalized spacial score (nSPS) is 10.3. The molecule has 0 atom stereocenters. The molecule has 1 aromatic heterocycles. The second-order valence-corrected chi connectivity index (χ2v) is 3.47. The van der Waals surface area contributed by atoms with Crippen molar-refractivity contribution in [2.24, 2.45) is 0 Å². The summed E-state index contributed by atoms with van der Waals surface area (Å²) in [7, 11) is 1.52. The van der Waals surface area contributed by atoms with Crippen LogP contribution in [0.25, 0.3) is 5.69 Å². The molecule has 2 rings (SSSR count). The lowest BCUT2D eigenvalue weighted by molar-refractivity contribution is 0.409. The van der Waals surface area contributed by atoms with Crippen molar-refractivity contribution in [2.45, 2.75) is 6.92 Å². The SMILES string of the molecule is CCNc1nccn1-c1ccc(F)cc1OC. The van der Waals surface area contributed by atoms with E-state index in [-0.39, 0.29) is 5.82 Å². The van der Waals surface area contributed by atoms with Crippen LogP contribution in [-0.4, -0.2) is 23.2 Å². The second kappa shape index (κ2) is 4.86. The number of hydrogen-bond acceptors (Lipinski definition) is 3. The van der Waals surface area contributed by atoms with Crippen molar-refractivity contribution < 1.29 is 9.13 Å². The molecule has 0 aliphatic rings. The summed E-state index contributed by atoms with van der Waals surface area (Å²) in [5, 5.41) is 3.12. The Bertz CT molecular complexity index is 510. The van der Waals surface area contributed by atoms with Gasteiger partial charge in [0.15, 0.2) is 0 Å². The number of anilines is 1. The molecule has 2 aromatic rings. The molecule has 5 heteroatoms. The van der Waals surface area contributed by atoms with E-state index in [0.717, 1.165) is 12.2 Å². The number of rotatable bonds is 4. The molecule has 0 aliphatic carbocycles. The van der Waals surface area contributed by atoms with Crippen molar-refractivity contribution in [1.82, 2.24) is 9.55 Å². The van der Waals surface area contributed by atoms with E-state index in [1.165, 1.54) is 19.2 Å². The first-order valence-electron chi connectivity index (χ1n) is 5.37. The van der Waals surface area contributed by atoms with Crippen LogP contribution in [-0.2, 0) is 0 Å². The maximum atomic E-state index is 13.1. The van der Waals surface area contributed by atoms with Gasteiger partial charge in [-0.2, -0.15) is 0 Å². The maximum Gasteiger partial charge on any atom is 0.207 e. The fourth-order valence-corrected chi connectivity index (χ4v) is 1.64. The third-order valence-corrected chi connectivity index (χ3v) is 2.38. The molecule has 0 radical (unpaired) electrons.